The molecule has 1 aromatic carbocycles. The normalized spacial score (nSPS) is 10.2. The Bertz CT molecular complexity index is 304. The summed E-state index contributed by atoms with van der Waals surface area (Å²) in [5, 5.41) is 0.107. The van der Waals surface area contributed by atoms with Gasteiger partial charge in [0.15, 0.2) is 5.82 Å². The van der Waals surface area contributed by atoms with Gasteiger partial charge in [0.1, 0.15) is 5.75 Å². The lowest BCUT2D eigenvalue weighted by Gasteiger charge is -2.06. The van der Waals surface area contributed by atoms with Crippen LogP contribution >= 0.6 is 23.4 Å². The Labute approximate surface area is 86.2 Å². The van der Waals surface area contributed by atoms with Gasteiger partial charge in [-0.1, -0.05) is 11.6 Å². The Hall–Kier alpha value is -0.410. The maximum Gasteiger partial charge on any atom is 0.155 e. The molecule has 0 unspecified atom stereocenters. The van der Waals surface area contributed by atoms with Crippen molar-refractivity contribution >= 4 is 23.4 Å². The van der Waals surface area contributed by atoms with E-state index in [1.54, 1.807) is 12.3 Å². The topological polar surface area (TPSA) is 9.23 Å². The second-order valence-electron chi connectivity index (χ2n) is 2.35. The van der Waals surface area contributed by atoms with Crippen molar-refractivity contribution in [1.29, 1.82) is 0 Å². The minimum absolute atomic E-state index is 0.107. The van der Waals surface area contributed by atoms with E-state index in [9.17, 15) is 4.39 Å². The Balaban J connectivity index is 3.06. The van der Waals surface area contributed by atoms with Crippen LogP contribution in [0.5, 0.6) is 5.75 Å². The van der Waals surface area contributed by atoms with E-state index in [4.69, 9.17) is 16.3 Å². The smallest absolute Gasteiger partial charge is 0.155 e. The molecule has 0 aliphatic carbocycles. The lowest BCUT2D eigenvalue weighted by atomic mass is 10.3. The first-order chi connectivity index (χ1) is 6.19. The van der Waals surface area contributed by atoms with Gasteiger partial charge in [-0.3, -0.25) is 0 Å². The second kappa shape index (κ2) is 4.72. The number of hydrogen-bond donors (Lipinski definition) is 0. The molecule has 1 rings (SSSR count). The van der Waals surface area contributed by atoms with Crippen LogP contribution in [0.4, 0.5) is 4.39 Å². The third-order valence-electron chi connectivity index (χ3n) is 1.50. The van der Waals surface area contributed by atoms with Crippen LogP contribution in [0.1, 0.15) is 6.92 Å². The Morgan fingerprint density at radius 2 is 2.23 bits per heavy atom. The molecular weight excluding hydrogens is 211 g/mol. The standard InChI is InChI=1S/C9H10ClFOS/c1-3-12-6-4-7(10)9(11)8(5-6)13-2/h4-5H,3H2,1-2H3. The summed E-state index contributed by atoms with van der Waals surface area (Å²) in [5.74, 6) is 0.232. The van der Waals surface area contributed by atoms with Gasteiger partial charge in [0.05, 0.1) is 11.6 Å². The Morgan fingerprint density at radius 3 is 2.77 bits per heavy atom. The van der Waals surface area contributed by atoms with Crippen LogP contribution < -0.4 is 4.74 Å². The Morgan fingerprint density at radius 1 is 1.54 bits per heavy atom. The molecule has 0 bridgehead atoms. The summed E-state index contributed by atoms with van der Waals surface area (Å²) in [4.78, 5) is 0.510. The minimum Gasteiger partial charge on any atom is -0.494 e. The molecule has 0 N–H and O–H groups in total. The van der Waals surface area contributed by atoms with Crippen LogP contribution in [0, 0.1) is 5.82 Å². The van der Waals surface area contributed by atoms with Crippen molar-refractivity contribution in [2.24, 2.45) is 0 Å². The van der Waals surface area contributed by atoms with Gasteiger partial charge in [-0.25, -0.2) is 4.39 Å². The van der Waals surface area contributed by atoms with Crippen LogP contribution in [0.15, 0.2) is 17.0 Å². The maximum atomic E-state index is 13.2. The highest BCUT2D eigenvalue weighted by molar-refractivity contribution is 7.98. The van der Waals surface area contributed by atoms with Gasteiger partial charge in [-0.05, 0) is 19.2 Å². The fourth-order valence-electron chi connectivity index (χ4n) is 0.939. The highest BCUT2D eigenvalue weighted by atomic mass is 35.5. The highest BCUT2D eigenvalue weighted by Gasteiger charge is 2.08. The minimum atomic E-state index is -0.377. The van der Waals surface area contributed by atoms with Crippen molar-refractivity contribution in [3.05, 3.63) is 23.0 Å². The molecule has 0 aliphatic rings. The second-order valence-corrected chi connectivity index (χ2v) is 3.61. The molecule has 0 aliphatic heterocycles. The summed E-state index contributed by atoms with van der Waals surface area (Å²) in [6.07, 6.45) is 1.80. The van der Waals surface area contributed by atoms with Crippen LogP contribution in [-0.2, 0) is 0 Å². The number of ether oxygens (including phenoxy) is 1. The zero-order chi connectivity index (χ0) is 9.84. The van der Waals surface area contributed by atoms with Crippen LogP contribution in [0.25, 0.3) is 0 Å². The quantitative estimate of drug-likeness (QED) is 0.720. The molecule has 0 saturated carbocycles. The molecule has 1 nitrogen and oxygen atoms in total. The largest absolute Gasteiger partial charge is 0.494 e. The summed E-state index contributed by atoms with van der Waals surface area (Å²) in [6, 6.07) is 3.13. The van der Waals surface area contributed by atoms with E-state index in [2.05, 4.69) is 0 Å². The molecule has 72 valence electrons. The van der Waals surface area contributed by atoms with E-state index in [0.29, 0.717) is 17.3 Å². The predicted octanol–water partition coefficient (Wildman–Crippen LogP) is 3.60. The van der Waals surface area contributed by atoms with E-state index >= 15 is 0 Å². The monoisotopic (exact) mass is 220 g/mol. The fraction of sp³-hybridized carbons (Fsp3) is 0.333. The summed E-state index contributed by atoms with van der Waals surface area (Å²) in [5.41, 5.74) is 0. The first kappa shape index (κ1) is 10.7. The van der Waals surface area contributed by atoms with E-state index < -0.39 is 0 Å². The number of benzene rings is 1. The molecule has 0 radical (unpaired) electrons. The van der Waals surface area contributed by atoms with Gasteiger partial charge in [0.25, 0.3) is 0 Å². The Kier molecular flexibility index (Phi) is 3.88. The predicted molar refractivity (Wildman–Crippen MR) is 54.4 cm³/mol. The number of halogens is 2. The average Bonchev–Trinajstić information content (AvgIpc) is 2.11. The first-order valence-corrected chi connectivity index (χ1v) is 5.45. The molecule has 0 aromatic heterocycles. The lowest BCUT2D eigenvalue weighted by molar-refractivity contribution is 0.338. The van der Waals surface area contributed by atoms with Crippen molar-refractivity contribution < 1.29 is 9.13 Å². The zero-order valence-corrected chi connectivity index (χ0v) is 9.01. The van der Waals surface area contributed by atoms with Gasteiger partial charge >= 0.3 is 0 Å². The van der Waals surface area contributed by atoms with Crippen molar-refractivity contribution in [2.75, 3.05) is 12.9 Å². The first-order valence-electron chi connectivity index (χ1n) is 3.84. The van der Waals surface area contributed by atoms with Crippen molar-refractivity contribution in [3.63, 3.8) is 0 Å². The third kappa shape index (κ3) is 2.51. The summed E-state index contributed by atoms with van der Waals surface area (Å²) in [6.45, 7) is 2.42. The average molecular weight is 221 g/mol. The summed E-state index contributed by atoms with van der Waals surface area (Å²) >= 11 is 6.98. The third-order valence-corrected chi connectivity index (χ3v) is 2.51. The van der Waals surface area contributed by atoms with Gasteiger partial charge < -0.3 is 4.74 Å². The van der Waals surface area contributed by atoms with Gasteiger partial charge in [-0.2, -0.15) is 0 Å². The molecule has 0 spiro atoms. The number of rotatable bonds is 3. The van der Waals surface area contributed by atoms with Gasteiger partial charge in [0.2, 0.25) is 0 Å². The van der Waals surface area contributed by atoms with E-state index in [1.807, 2.05) is 6.92 Å². The van der Waals surface area contributed by atoms with Crippen LogP contribution in [-0.4, -0.2) is 12.9 Å². The van der Waals surface area contributed by atoms with Gasteiger partial charge in [-0.15, -0.1) is 11.8 Å². The maximum absolute atomic E-state index is 13.2. The van der Waals surface area contributed by atoms with Crippen molar-refractivity contribution in [3.8, 4) is 5.75 Å². The summed E-state index contributed by atoms with van der Waals surface area (Å²) < 4.78 is 18.4. The molecule has 1 aromatic rings. The molecular formula is C9H10ClFOS. The fourth-order valence-corrected chi connectivity index (χ4v) is 1.73. The molecule has 0 amide bonds. The van der Waals surface area contributed by atoms with Crippen LogP contribution in [0.2, 0.25) is 5.02 Å². The molecule has 4 heteroatoms. The van der Waals surface area contributed by atoms with E-state index in [1.165, 1.54) is 17.8 Å². The number of hydrogen-bond acceptors (Lipinski definition) is 2. The molecule has 0 fully saturated rings. The van der Waals surface area contributed by atoms with Crippen molar-refractivity contribution in [1.82, 2.24) is 0 Å². The highest BCUT2D eigenvalue weighted by Crippen LogP contribution is 2.30. The van der Waals surface area contributed by atoms with Crippen LogP contribution in [0.3, 0.4) is 0 Å². The molecule has 0 heterocycles. The number of thioether (sulfide) groups is 1. The van der Waals surface area contributed by atoms with E-state index in [0.717, 1.165) is 0 Å². The molecule has 0 saturated heterocycles. The lowest BCUT2D eigenvalue weighted by Crippen LogP contribution is -1.93. The zero-order valence-electron chi connectivity index (χ0n) is 7.43. The summed E-state index contributed by atoms with van der Waals surface area (Å²) in [7, 11) is 0. The van der Waals surface area contributed by atoms with Crippen molar-refractivity contribution in [2.45, 2.75) is 11.8 Å². The van der Waals surface area contributed by atoms with Gasteiger partial charge in [0, 0.05) is 11.0 Å². The molecule has 0 atom stereocenters. The SMILES string of the molecule is CCOc1cc(Cl)c(F)c(SC)c1. The molecule has 13 heavy (non-hydrogen) atoms. The van der Waals surface area contributed by atoms with E-state index in [-0.39, 0.29) is 10.8 Å².